The molecule has 4 aromatic rings. The molecule has 0 saturated carbocycles. The Kier molecular flexibility index (Phi) is 6.74. The predicted octanol–water partition coefficient (Wildman–Crippen LogP) is 4.18. The number of hydrogen-bond donors (Lipinski definition) is 2. The van der Waals surface area contributed by atoms with Crippen molar-refractivity contribution < 1.29 is 22.7 Å². The minimum absolute atomic E-state index is 0.267. The summed E-state index contributed by atoms with van der Waals surface area (Å²) in [5.41, 5.74) is 3.10. The molecule has 180 valence electrons. The lowest BCUT2D eigenvalue weighted by Gasteiger charge is -2.12. The van der Waals surface area contributed by atoms with E-state index in [1.165, 1.54) is 13.2 Å². The lowest BCUT2D eigenvalue weighted by atomic mass is 10.1. The highest BCUT2D eigenvalue weighted by molar-refractivity contribution is 7.92. The van der Waals surface area contributed by atoms with Gasteiger partial charge in [0.15, 0.2) is 0 Å². The van der Waals surface area contributed by atoms with Gasteiger partial charge in [0.05, 0.1) is 37.4 Å². The van der Waals surface area contributed by atoms with Crippen LogP contribution in [0.5, 0.6) is 11.5 Å². The number of ether oxygens (including phenoxy) is 2. The molecule has 0 atom stereocenters. The van der Waals surface area contributed by atoms with E-state index >= 15 is 0 Å². The SMILES string of the molecule is COc1ccc(-c2nn(-c3ccccc3)cc2C(=O)Nc2ccc(NS(C)(=O)=O)c(OC)c2)cc1. The van der Waals surface area contributed by atoms with E-state index in [4.69, 9.17) is 9.47 Å². The number of amides is 1. The first-order valence-corrected chi connectivity index (χ1v) is 12.4. The van der Waals surface area contributed by atoms with Crippen molar-refractivity contribution in [2.75, 3.05) is 30.5 Å². The van der Waals surface area contributed by atoms with E-state index < -0.39 is 10.0 Å². The average molecular weight is 493 g/mol. The van der Waals surface area contributed by atoms with Gasteiger partial charge in [0, 0.05) is 23.5 Å². The van der Waals surface area contributed by atoms with E-state index in [1.54, 1.807) is 42.3 Å². The van der Waals surface area contributed by atoms with Gasteiger partial charge in [-0.3, -0.25) is 9.52 Å². The summed E-state index contributed by atoms with van der Waals surface area (Å²) in [5.74, 6) is 0.574. The monoisotopic (exact) mass is 492 g/mol. The van der Waals surface area contributed by atoms with Gasteiger partial charge >= 0.3 is 0 Å². The largest absolute Gasteiger partial charge is 0.497 e. The zero-order chi connectivity index (χ0) is 25.0. The van der Waals surface area contributed by atoms with Gasteiger partial charge in [0.1, 0.15) is 17.2 Å². The second kappa shape index (κ2) is 9.90. The van der Waals surface area contributed by atoms with Crippen LogP contribution in [0.3, 0.4) is 0 Å². The molecule has 10 heteroatoms. The summed E-state index contributed by atoms with van der Waals surface area (Å²) in [6.45, 7) is 0. The summed E-state index contributed by atoms with van der Waals surface area (Å²) in [4.78, 5) is 13.3. The first-order valence-electron chi connectivity index (χ1n) is 10.5. The van der Waals surface area contributed by atoms with Gasteiger partial charge in [-0.05, 0) is 48.5 Å². The molecule has 0 aliphatic carbocycles. The number of para-hydroxylation sites is 1. The highest BCUT2D eigenvalue weighted by atomic mass is 32.2. The molecule has 0 bridgehead atoms. The standard InChI is InChI=1S/C25H24N4O5S/c1-33-20-12-9-17(10-13-20)24-21(16-29(27-24)19-7-5-4-6-8-19)25(30)26-18-11-14-22(23(15-18)34-2)28-35(3,31)32/h4-16,28H,1-3H3,(H,26,30). The Morgan fingerprint density at radius 1 is 0.943 bits per heavy atom. The first-order chi connectivity index (χ1) is 16.8. The van der Waals surface area contributed by atoms with Crippen LogP contribution in [-0.2, 0) is 10.0 Å². The maximum absolute atomic E-state index is 13.3. The van der Waals surface area contributed by atoms with Gasteiger partial charge < -0.3 is 14.8 Å². The minimum Gasteiger partial charge on any atom is -0.497 e. The van der Waals surface area contributed by atoms with Gasteiger partial charge in [-0.15, -0.1) is 0 Å². The van der Waals surface area contributed by atoms with Gasteiger partial charge in [-0.25, -0.2) is 13.1 Å². The lowest BCUT2D eigenvalue weighted by Crippen LogP contribution is -2.13. The molecule has 9 nitrogen and oxygen atoms in total. The molecule has 3 aromatic carbocycles. The molecule has 0 aliphatic heterocycles. The summed E-state index contributed by atoms with van der Waals surface area (Å²) in [7, 11) is -0.488. The van der Waals surface area contributed by atoms with Gasteiger partial charge in [0.25, 0.3) is 5.91 Å². The molecule has 1 amide bonds. The molecule has 1 aromatic heterocycles. The highest BCUT2D eigenvalue weighted by Crippen LogP contribution is 2.30. The Morgan fingerprint density at radius 3 is 2.29 bits per heavy atom. The second-order valence-electron chi connectivity index (χ2n) is 7.64. The van der Waals surface area contributed by atoms with Crippen LogP contribution in [0.4, 0.5) is 11.4 Å². The number of carbonyl (C=O) groups is 1. The highest BCUT2D eigenvalue weighted by Gasteiger charge is 2.20. The van der Waals surface area contributed by atoms with Gasteiger partial charge in [-0.2, -0.15) is 5.10 Å². The third kappa shape index (κ3) is 5.61. The van der Waals surface area contributed by atoms with Gasteiger partial charge in [0.2, 0.25) is 10.0 Å². The van der Waals surface area contributed by atoms with Crippen LogP contribution >= 0.6 is 0 Å². The summed E-state index contributed by atoms with van der Waals surface area (Å²) in [6.07, 6.45) is 2.72. The van der Waals surface area contributed by atoms with Gasteiger partial charge in [-0.1, -0.05) is 18.2 Å². The fourth-order valence-corrected chi connectivity index (χ4v) is 4.03. The second-order valence-corrected chi connectivity index (χ2v) is 9.39. The minimum atomic E-state index is -3.49. The Balaban J connectivity index is 1.70. The van der Waals surface area contributed by atoms with Crippen molar-refractivity contribution in [1.29, 1.82) is 0 Å². The van der Waals surface area contributed by atoms with Crippen LogP contribution in [0.25, 0.3) is 16.9 Å². The van der Waals surface area contributed by atoms with Crippen molar-refractivity contribution in [2.45, 2.75) is 0 Å². The first kappa shape index (κ1) is 23.8. The summed E-state index contributed by atoms with van der Waals surface area (Å²) < 4.78 is 37.7. The zero-order valence-corrected chi connectivity index (χ0v) is 20.2. The zero-order valence-electron chi connectivity index (χ0n) is 19.3. The van der Waals surface area contributed by atoms with Crippen LogP contribution in [0.1, 0.15) is 10.4 Å². The Hall–Kier alpha value is -4.31. The van der Waals surface area contributed by atoms with Crippen molar-refractivity contribution in [3.05, 3.63) is 84.6 Å². The average Bonchev–Trinajstić information content (AvgIpc) is 3.30. The number of carbonyl (C=O) groups excluding carboxylic acids is 1. The van der Waals surface area contributed by atoms with E-state index in [0.717, 1.165) is 17.5 Å². The number of nitrogens with one attached hydrogen (secondary N) is 2. The van der Waals surface area contributed by atoms with Crippen LogP contribution in [-0.4, -0.2) is 44.6 Å². The molecule has 0 saturated heterocycles. The molecule has 0 aliphatic rings. The smallest absolute Gasteiger partial charge is 0.259 e. The third-order valence-corrected chi connectivity index (χ3v) is 5.69. The molecular formula is C25H24N4O5S. The lowest BCUT2D eigenvalue weighted by molar-refractivity contribution is 0.102. The molecule has 4 rings (SSSR count). The fourth-order valence-electron chi connectivity index (χ4n) is 3.47. The van der Waals surface area contributed by atoms with E-state index in [2.05, 4.69) is 15.1 Å². The predicted molar refractivity (Wildman–Crippen MR) is 135 cm³/mol. The summed E-state index contributed by atoms with van der Waals surface area (Å²) >= 11 is 0. The number of sulfonamides is 1. The number of aromatic nitrogens is 2. The Labute approximate surface area is 203 Å². The molecule has 0 spiro atoms. The number of anilines is 2. The topological polar surface area (TPSA) is 112 Å². The molecule has 0 fully saturated rings. The molecular weight excluding hydrogens is 468 g/mol. The van der Waals surface area contributed by atoms with Crippen molar-refractivity contribution in [3.8, 4) is 28.4 Å². The number of nitrogens with zero attached hydrogens (tertiary/aromatic N) is 2. The molecule has 1 heterocycles. The van der Waals surface area contributed by atoms with Crippen LogP contribution in [0, 0.1) is 0 Å². The van der Waals surface area contributed by atoms with Crippen LogP contribution in [0.2, 0.25) is 0 Å². The summed E-state index contributed by atoms with van der Waals surface area (Å²) in [6, 6.07) is 21.4. The maximum atomic E-state index is 13.3. The molecule has 2 N–H and O–H groups in total. The third-order valence-electron chi connectivity index (χ3n) is 5.10. The van der Waals surface area contributed by atoms with Crippen molar-refractivity contribution in [3.63, 3.8) is 0 Å². The molecule has 0 radical (unpaired) electrons. The molecule has 35 heavy (non-hydrogen) atoms. The van der Waals surface area contributed by atoms with Crippen molar-refractivity contribution >= 4 is 27.3 Å². The van der Waals surface area contributed by atoms with E-state index in [0.29, 0.717) is 22.7 Å². The number of rotatable bonds is 8. The maximum Gasteiger partial charge on any atom is 0.259 e. The quantitative estimate of drug-likeness (QED) is 0.382. The van der Waals surface area contributed by atoms with E-state index in [1.807, 2.05) is 42.5 Å². The Bertz CT molecular complexity index is 1450. The number of methoxy groups -OCH3 is 2. The molecule has 0 unspecified atom stereocenters. The van der Waals surface area contributed by atoms with Crippen molar-refractivity contribution in [1.82, 2.24) is 9.78 Å². The fraction of sp³-hybridized carbons (Fsp3) is 0.120. The Morgan fingerprint density at radius 2 is 1.66 bits per heavy atom. The van der Waals surface area contributed by atoms with E-state index in [9.17, 15) is 13.2 Å². The number of benzene rings is 3. The van der Waals surface area contributed by atoms with Crippen LogP contribution < -0.4 is 19.5 Å². The number of hydrogen-bond acceptors (Lipinski definition) is 6. The van der Waals surface area contributed by atoms with E-state index in [-0.39, 0.29) is 17.3 Å². The summed E-state index contributed by atoms with van der Waals surface area (Å²) in [5, 5.41) is 7.52. The van der Waals surface area contributed by atoms with Crippen LogP contribution in [0.15, 0.2) is 79.0 Å². The normalized spacial score (nSPS) is 11.1. The van der Waals surface area contributed by atoms with Crippen molar-refractivity contribution in [2.24, 2.45) is 0 Å².